The molecule has 0 saturated carbocycles. The third-order valence-corrected chi connectivity index (χ3v) is 2.94. The number of nitrogens with zero attached hydrogens (tertiary/aromatic N) is 1. The number of hydrogen-bond acceptors (Lipinski definition) is 2. The van der Waals surface area contributed by atoms with Gasteiger partial charge in [-0.25, -0.2) is 9.40 Å². The predicted molar refractivity (Wildman–Crippen MR) is 60.4 cm³/mol. The molecule has 0 radical (unpaired) electrons. The second-order valence-corrected chi connectivity index (χ2v) is 4.32. The van der Waals surface area contributed by atoms with Gasteiger partial charge in [0.05, 0.1) is 11.3 Å². The van der Waals surface area contributed by atoms with E-state index < -0.39 is 23.2 Å². The molecule has 18 heavy (non-hydrogen) atoms. The first-order valence-corrected chi connectivity index (χ1v) is 5.86. The van der Waals surface area contributed by atoms with E-state index in [0.717, 1.165) is 37.5 Å². The van der Waals surface area contributed by atoms with Gasteiger partial charge in [-0.3, -0.25) is 0 Å². The van der Waals surface area contributed by atoms with Gasteiger partial charge in [0.25, 0.3) is 0 Å². The number of piperidine rings is 1. The highest BCUT2D eigenvalue weighted by Crippen LogP contribution is 2.36. The molecule has 0 unspecified atom stereocenters. The van der Waals surface area contributed by atoms with Crippen LogP contribution in [0.1, 0.15) is 24.8 Å². The average Bonchev–Trinajstić information content (AvgIpc) is 2.32. The van der Waals surface area contributed by atoms with Crippen LogP contribution in [-0.2, 0) is 6.18 Å². The van der Waals surface area contributed by atoms with Crippen molar-refractivity contribution in [3.05, 3.63) is 29.6 Å². The standard InChI is InChI=1S/C12H14F4N2/c13-10-6-4-5-9(12(14,15)16)11(10)17-18-7-2-1-3-8-18/h4-6,17H,1-3,7-8H2. The Morgan fingerprint density at radius 2 is 1.72 bits per heavy atom. The number of anilines is 1. The van der Waals surface area contributed by atoms with Crippen LogP contribution in [0.5, 0.6) is 0 Å². The summed E-state index contributed by atoms with van der Waals surface area (Å²) >= 11 is 0. The van der Waals surface area contributed by atoms with Crippen molar-refractivity contribution in [3.8, 4) is 0 Å². The summed E-state index contributed by atoms with van der Waals surface area (Å²) in [5.74, 6) is -0.879. The molecule has 1 aliphatic heterocycles. The van der Waals surface area contributed by atoms with Gasteiger partial charge in [-0.05, 0) is 25.0 Å². The molecule has 1 heterocycles. The van der Waals surface area contributed by atoms with Crippen molar-refractivity contribution in [3.63, 3.8) is 0 Å². The van der Waals surface area contributed by atoms with Crippen LogP contribution in [0.25, 0.3) is 0 Å². The molecular formula is C12H14F4N2. The van der Waals surface area contributed by atoms with Crippen molar-refractivity contribution in [1.29, 1.82) is 0 Å². The lowest BCUT2D eigenvalue weighted by molar-refractivity contribution is -0.137. The van der Waals surface area contributed by atoms with Gasteiger partial charge in [0.15, 0.2) is 0 Å². The van der Waals surface area contributed by atoms with Crippen molar-refractivity contribution >= 4 is 5.69 Å². The Balaban J connectivity index is 2.25. The van der Waals surface area contributed by atoms with Crippen LogP contribution >= 0.6 is 0 Å². The molecule has 0 aliphatic carbocycles. The van der Waals surface area contributed by atoms with E-state index in [-0.39, 0.29) is 0 Å². The molecule has 2 nitrogen and oxygen atoms in total. The van der Waals surface area contributed by atoms with Gasteiger partial charge in [0.1, 0.15) is 5.82 Å². The predicted octanol–water partition coefficient (Wildman–Crippen LogP) is 3.66. The molecule has 0 amide bonds. The maximum atomic E-state index is 13.5. The molecule has 1 aliphatic rings. The van der Waals surface area contributed by atoms with Crippen molar-refractivity contribution in [2.45, 2.75) is 25.4 Å². The first-order valence-electron chi connectivity index (χ1n) is 5.86. The normalized spacial score (nSPS) is 17.8. The van der Waals surface area contributed by atoms with Crippen LogP contribution in [0.4, 0.5) is 23.2 Å². The molecule has 1 saturated heterocycles. The van der Waals surface area contributed by atoms with Crippen molar-refractivity contribution < 1.29 is 17.6 Å². The van der Waals surface area contributed by atoms with Crippen LogP contribution in [0.3, 0.4) is 0 Å². The fraction of sp³-hybridized carbons (Fsp3) is 0.500. The molecule has 0 aromatic heterocycles. The monoisotopic (exact) mass is 262 g/mol. The van der Waals surface area contributed by atoms with Crippen LogP contribution in [0.15, 0.2) is 18.2 Å². The summed E-state index contributed by atoms with van der Waals surface area (Å²) in [7, 11) is 0. The number of hydrazine groups is 1. The SMILES string of the molecule is Fc1cccc(C(F)(F)F)c1NN1CCCCC1. The Kier molecular flexibility index (Phi) is 3.75. The first kappa shape index (κ1) is 13.1. The summed E-state index contributed by atoms with van der Waals surface area (Å²) in [6, 6.07) is 2.98. The third kappa shape index (κ3) is 2.93. The van der Waals surface area contributed by atoms with Gasteiger partial charge in [-0.2, -0.15) is 13.2 Å². The minimum Gasteiger partial charge on any atom is -0.316 e. The zero-order valence-corrected chi connectivity index (χ0v) is 9.73. The maximum Gasteiger partial charge on any atom is 0.418 e. The number of para-hydroxylation sites is 1. The Hall–Kier alpha value is -1.30. The van der Waals surface area contributed by atoms with Gasteiger partial charge in [-0.15, -0.1) is 0 Å². The summed E-state index contributed by atoms with van der Waals surface area (Å²) < 4.78 is 51.8. The molecule has 6 heteroatoms. The van der Waals surface area contributed by atoms with Gasteiger partial charge in [0, 0.05) is 13.1 Å². The van der Waals surface area contributed by atoms with E-state index in [1.54, 1.807) is 5.01 Å². The minimum atomic E-state index is -4.56. The molecule has 2 rings (SSSR count). The van der Waals surface area contributed by atoms with Crippen LogP contribution < -0.4 is 5.43 Å². The first-order chi connectivity index (χ1) is 8.48. The van der Waals surface area contributed by atoms with Crippen LogP contribution in [0, 0.1) is 5.82 Å². The number of nitrogens with one attached hydrogen (secondary N) is 1. The molecule has 100 valence electrons. The summed E-state index contributed by atoms with van der Waals surface area (Å²) in [5.41, 5.74) is 1.12. The molecule has 1 fully saturated rings. The largest absolute Gasteiger partial charge is 0.418 e. The van der Waals surface area contributed by atoms with Crippen molar-refractivity contribution in [1.82, 2.24) is 5.01 Å². The number of rotatable bonds is 2. The summed E-state index contributed by atoms with van der Waals surface area (Å²) in [5, 5.41) is 1.64. The van der Waals surface area contributed by atoms with Gasteiger partial charge in [-0.1, -0.05) is 12.5 Å². The fourth-order valence-electron chi connectivity index (χ4n) is 2.04. The highest BCUT2D eigenvalue weighted by molar-refractivity contribution is 5.53. The van der Waals surface area contributed by atoms with Gasteiger partial charge in [0.2, 0.25) is 0 Å². The molecule has 1 N–H and O–H groups in total. The van der Waals surface area contributed by atoms with E-state index in [4.69, 9.17) is 0 Å². The number of benzene rings is 1. The second kappa shape index (κ2) is 5.14. The molecule has 1 aromatic carbocycles. The Bertz CT molecular complexity index is 411. The van der Waals surface area contributed by atoms with Crippen LogP contribution in [0.2, 0.25) is 0 Å². The highest BCUT2D eigenvalue weighted by atomic mass is 19.4. The second-order valence-electron chi connectivity index (χ2n) is 4.32. The molecular weight excluding hydrogens is 248 g/mol. The lowest BCUT2D eigenvalue weighted by atomic mass is 10.1. The lowest BCUT2D eigenvalue weighted by Gasteiger charge is -2.29. The summed E-state index contributed by atoms with van der Waals surface area (Å²) in [6.45, 7) is 1.26. The third-order valence-electron chi connectivity index (χ3n) is 2.94. The zero-order valence-electron chi connectivity index (χ0n) is 9.73. The maximum absolute atomic E-state index is 13.5. The van der Waals surface area contributed by atoms with E-state index in [9.17, 15) is 17.6 Å². The molecule has 1 aromatic rings. The zero-order chi connectivity index (χ0) is 13.2. The Morgan fingerprint density at radius 1 is 1.06 bits per heavy atom. The van der Waals surface area contributed by atoms with E-state index in [2.05, 4.69) is 5.43 Å². The van der Waals surface area contributed by atoms with Crippen molar-refractivity contribution in [2.24, 2.45) is 0 Å². The van der Waals surface area contributed by atoms with Gasteiger partial charge < -0.3 is 5.43 Å². The number of hydrogen-bond donors (Lipinski definition) is 1. The van der Waals surface area contributed by atoms with E-state index >= 15 is 0 Å². The van der Waals surface area contributed by atoms with E-state index in [1.165, 1.54) is 0 Å². The lowest BCUT2D eigenvalue weighted by Crippen LogP contribution is -2.36. The number of alkyl halides is 3. The van der Waals surface area contributed by atoms with E-state index in [1.807, 2.05) is 0 Å². The highest BCUT2D eigenvalue weighted by Gasteiger charge is 2.35. The molecule has 0 spiro atoms. The molecule has 0 atom stereocenters. The summed E-state index contributed by atoms with van der Waals surface area (Å²) in [4.78, 5) is 0. The van der Waals surface area contributed by atoms with Crippen molar-refractivity contribution in [2.75, 3.05) is 18.5 Å². The smallest absolute Gasteiger partial charge is 0.316 e. The Morgan fingerprint density at radius 3 is 2.33 bits per heavy atom. The fourth-order valence-corrected chi connectivity index (χ4v) is 2.04. The molecule has 0 bridgehead atoms. The topological polar surface area (TPSA) is 15.3 Å². The van der Waals surface area contributed by atoms with E-state index in [0.29, 0.717) is 13.1 Å². The minimum absolute atomic E-state index is 0.480. The average molecular weight is 262 g/mol. The quantitative estimate of drug-likeness (QED) is 0.818. The summed E-state index contributed by atoms with van der Waals surface area (Å²) in [6.07, 6.45) is -1.69. The van der Waals surface area contributed by atoms with Crippen LogP contribution in [-0.4, -0.2) is 18.1 Å². The van der Waals surface area contributed by atoms with Gasteiger partial charge >= 0.3 is 6.18 Å². The number of halogens is 4. The Labute approximate surface area is 103 Å².